The van der Waals surface area contributed by atoms with Gasteiger partial charge in [-0.3, -0.25) is 4.79 Å². The van der Waals surface area contributed by atoms with Crippen LogP contribution in [0.4, 0.5) is 5.82 Å². The molecule has 4 rings (SSSR count). The zero-order chi connectivity index (χ0) is 20.9. The second-order valence-corrected chi connectivity index (χ2v) is 7.09. The zero-order valence-electron chi connectivity index (χ0n) is 16.8. The van der Waals surface area contributed by atoms with E-state index in [4.69, 9.17) is 4.74 Å². The van der Waals surface area contributed by atoms with Crippen LogP contribution in [0.3, 0.4) is 0 Å². The Bertz CT molecular complexity index is 1110. The van der Waals surface area contributed by atoms with Gasteiger partial charge in [-0.1, -0.05) is 30.7 Å². The van der Waals surface area contributed by atoms with Gasteiger partial charge >= 0.3 is 0 Å². The molecule has 1 fully saturated rings. The summed E-state index contributed by atoms with van der Waals surface area (Å²) in [6, 6.07) is 11.7. The number of H-pyrrole nitrogens is 1. The van der Waals surface area contributed by atoms with Crippen molar-refractivity contribution in [1.82, 2.24) is 19.9 Å². The lowest BCUT2D eigenvalue weighted by Crippen LogP contribution is -2.36. The lowest BCUT2D eigenvalue weighted by Gasteiger charge is -2.26. The van der Waals surface area contributed by atoms with Crippen molar-refractivity contribution in [3.63, 3.8) is 0 Å². The minimum atomic E-state index is -0.0318. The van der Waals surface area contributed by atoms with Crippen LogP contribution in [-0.4, -0.2) is 58.5 Å². The van der Waals surface area contributed by atoms with Crippen LogP contribution in [0.1, 0.15) is 12.1 Å². The fraction of sp³-hybridized carbons (Fsp3) is 0.261. The predicted octanol–water partition coefficient (Wildman–Crippen LogP) is 2.61. The molecule has 3 aromatic rings. The van der Waals surface area contributed by atoms with E-state index in [-0.39, 0.29) is 11.9 Å². The summed E-state index contributed by atoms with van der Waals surface area (Å²) in [4.78, 5) is 27.9. The van der Waals surface area contributed by atoms with Crippen molar-refractivity contribution in [2.45, 2.75) is 12.5 Å². The van der Waals surface area contributed by atoms with Gasteiger partial charge < -0.3 is 19.5 Å². The molecule has 2 aromatic heterocycles. The van der Waals surface area contributed by atoms with Crippen LogP contribution >= 0.6 is 0 Å². The number of aromatic amines is 1. The Balaban J connectivity index is 1.48. The van der Waals surface area contributed by atoms with Crippen LogP contribution in [-0.2, 0) is 4.79 Å². The molecule has 1 atom stereocenters. The van der Waals surface area contributed by atoms with Crippen LogP contribution < -0.4 is 9.64 Å². The van der Waals surface area contributed by atoms with Crippen molar-refractivity contribution in [1.29, 1.82) is 0 Å². The minimum Gasteiger partial charge on any atom is -0.481 e. The van der Waals surface area contributed by atoms with E-state index >= 15 is 0 Å². The molecule has 1 aliphatic rings. The summed E-state index contributed by atoms with van der Waals surface area (Å²) in [5, 5.41) is 0.904. The smallest absolute Gasteiger partial charge is 0.246 e. The molecule has 1 saturated heterocycles. The normalized spacial score (nSPS) is 15.5. The number of likely N-dealkylation sites (tertiary alicyclic amines) is 1. The number of nitrogens with one attached hydrogen (secondary N) is 1. The van der Waals surface area contributed by atoms with Gasteiger partial charge in [0.2, 0.25) is 5.91 Å². The first-order valence-electron chi connectivity index (χ1n) is 9.80. The van der Waals surface area contributed by atoms with Crippen molar-refractivity contribution < 1.29 is 9.53 Å². The fourth-order valence-electron chi connectivity index (χ4n) is 3.60. The summed E-state index contributed by atoms with van der Waals surface area (Å²) < 4.78 is 5.61. The molecule has 1 N–H and O–H groups in total. The number of hydrogen-bond donors (Lipinski definition) is 1. The lowest BCUT2D eigenvalue weighted by molar-refractivity contribution is -0.125. The van der Waals surface area contributed by atoms with Crippen LogP contribution in [0.15, 0.2) is 55.4 Å². The number of benzene rings is 1. The number of rotatable bonds is 5. The molecule has 7 nitrogen and oxygen atoms in total. The quantitative estimate of drug-likeness (QED) is 0.526. The maximum atomic E-state index is 11.9. The Morgan fingerprint density at radius 3 is 3.03 bits per heavy atom. The molecule has 7 heteroatoms. The van der Waals surface area contributed by atoms with E-state index in [9.17, 15) is 4.79 Å². The summed E-state index contributed by atoms with van der Waals surface area (Å²) in [7, 11) is 2.00. The largest absolute Gasteiger partial charge is 0.481 e. The Morgan fingerprint density at radius 1 is 1.40 bits per heavy atom. The number of amides is 1. The monoisotopic (exact) mass is 401 g/mol. The van der Waals surface area contributed by atoms with E-state index in [0.29, 0.717) is 13.2 Å². The van der Waals surface area contributed by atoms with Gasteiger partial charge in [0.25, 0.3) is 0 Å². The van der Waals surface area contributed by atoms with Gasteiger partial charge in [-0.2, -0.15) is 0 Å². The second-order valence-electron chi connectivity index (χ2n) is 7.09. The van der Waals surface area contributed by atoms with E-state index in [1.807, 2.05) is 48.3 Å². The Morgan fingerprint density at radius 2 is 2.23 bits per heavy atom. The van der Waals surface area contributed by atoms with Crippen LogP contribution in [0.25, 0.3) is 11.0 Å². The first-order chi connectivity index (χ1) is 14.7. The maximum absolute atomic E-state index is 11.9. The Labute approximate surface area is 175 Å². The average molecular weight is 401 g/mol. The van der Waals surface area contributed by atoms with Gasteiger partial charge in [0, 0.05) is 26.2 Å². The van der Waals surface area contributed by atoms with E-state index in [0.717, 1.165) is 41.3 Å². The minimum absolute atomic E-state index is 0.0318. The molecular weight excluding hydrogens is 378 g/mol. The summed E-state index contributed by atoms with van der Waals surface area (Å²) in [6.45, 7) is 5.25. The average Bonchev–Trinajstić information content (AvgIpc) is 3.43. The number of hydrogen-bond acceptors (Lipinski definition) is 5. The third-order valence-electron chi connectivity index (χ3n) is 5.21. The van der Waals surface area contributed by atoms with E-state index < -0.39 is 0 Å². The summed E-state index contributed by atoms with van der Waals surface area (Å²) in [5.74, 6) is 7.69. The molecule has 1 unspecified atom stereocenters. The molecule has 1 aliphatic heterocycles. The number of nitrogens with zero attached hydrogens (tertiary/aromatic N) is 4. The zero-order valence-corrected chi connectivity index (χ0v) is 16.8. The third kappa shape index (κ3) is 4.13. The number of fused-ring (bicyclic) bond motifs is 1. The van der Waals surface area contributed by atoms with Crippen molar-refractivity contribution in [3.8, 4) is 17.6 Å². The fourth-order valence-corrected chi connectivity index (χ4v) is 3.60. The number of ether oxygens (including phenoxy) is 1. The molecule has 3 heterocycles. The van der Waals surface area contributed by atoms with Crippen molar-refractivity contribution in [2.75, 3.05) is 31.6 Å². The van der Waals surface area contributed by atoms with Gasteiger partial charge in [-0.05, 0) is 36.6 Å². The molecule has 0 aliphatic carbocycles. The Kier molecular flexibility index (Phi) is 5.66. The first kappa shape index (κ1) is 19.5. The number of carbonyl (C=O) groups excluding carboxylic acids is 1. The highest BCUT2D eigenvalue weighted by atomic mass is 16.5. The van der Waals surface area contributed by atoms with E-state index in [1.54, 1.807) is 6.33 Å². The Hall–Kier alpha value is -3.79. The molecule has 30 heavy (non-hydrogen) atoms. The lowest BCUT2D eigenvalue weighted by atomic mass is 10.2. The molecule has 0 bridgehead atoms. The van der Waals surface area contributed by atoms with Crippen LogP contribution in [0.5, 0.6) is 5.75 Å². The van der Waals surface area contributed by atoms with E-state index in [1.165, 1.54) is 6.08 Å². The molecule has 0 radical (unpaired) electrons. The molecular formula is C23H23N5O2. The SMILES string of the molecule is C=CC(=O)N1CCC(N(C)c2ncnc3[nH]c(C#CCOc4ccccc4)cc23)C1. The summed E-state index contributed by atoms with van der Waals surface area (Å²) in [5.41, 5.74) is 1.49. The predicted molar refractivity (Wildman–Crippen MR) is 116 cm³/mol. The third-order valence-corrected chi connectivity index (χ3v) is 5.21. The molecule has 1 aromatic carbocycles. The van der Waals surface area contributed by atoms with Gasteiger partial charge in [0.15, 0.2) is 0 Å². The number of anilines is 1. The standard InChI is InChI=1S/C23H23N5O2/c1-3-21(29)28-12-11-18(15-28)27(2)23-20-14-17(26-22(20)24-16-25-23)8-7-13-30-19-9-5-4-6-10-19/h3-6,9-10,14,16,18H,1,11-13,15H2,2H3,(H,24,25,26). The van der Waals surface area contributed by atoms with Crippen molar-refractivity contribution >= 4 is 22.8 Å². The summed E-state index contributed by atoms with van der Waals surface area (Å²) in [6.07, 6.45) is 3.79. The molecule has 1 amide bonds. The highest BCUT2D eigenvalue weighted by Gasteiger charge is 2.29. The van der Waals surface area contributed by atoms with Gasteiger partial charge in [0.1, 0.15) is 30.1 Å². The topological polar surface area (TPSA) is 74.4 Å². The molecule has 0 saturated carbocycles. The highest BCUT2D eigenvalue weighted by molar-refractivity contribution is 5.89. The van der Waals surface area contributed by atoms with Crippen LogP contribution in [0, 0.1) is 11.8 Å². The van der Waals surface area contributed by atoms with Gasteiger partial charge in [-0.25, -0.2) is 9.97 Å². The molecule has 0 spiro atoms. The van der Waals surface area contributed by atoms with Crippen molar-refractivity contribution in [2.24, 2.45) is 0 Å². The number of aromatic nitrogens is 3. The van der Waals surface area contributed by atoms with Crippen LogP contribution in [0.2, 0.25) is 0 Å². The number of para-hydroxylation sites is 1. The second kappa shape index (κ2) is 8.70. The molecule has 152 valence electrons. The highest BCUT2D eigenvalue weighted by Crippen LogP contribution is 2.27. The number of likely N-dealkylation sites (N-methyl/N-ethyl adjacent to an activating group) is 1. The van der Waals surface area contributed by atoms with Crippen molar-refractivity contribution in [3.05, 3.63) is 61.1 Å². The summed E-state index contributed by atoms with van der Waals surface area (Å²) >= 11 is 0. The van der Waals surface area contributed by atoms with Gasteiger partial charge in [-0.15, -0.1) is 0 Å². The maximum Gasteiger partial charge on any atom is 0.246 e. The van der Waals surface area contributed by atoms with Gasteiger partial charge in [0.05, 0.1) is 11.1 Å². The first-order valence-corrected chi connectivity index (χ1v) is 9.80. The van der Waals surface area contributed by atoms with E-state index in [2.05, 4.69) is 38.3 Å². The number of carbonyl (C=O) groups is 1.